The van der Waals surface area contributed by atoms with E-state index in [2.05, 4.69) is 9.97 Å². The molecule has 0 saturated carbocycles. The molecular formula is C14H11F2N3S. The lowest BCUT2D eigenvalue weighted by Crippen LogP contribution is -1.99. The van der Waals surface area contributed by atoms with Crippen LogP contribution in [0, 0.1) is 36.8 Å². The normalized spacial score (nSPS) is 10.3. The molecule has 2 rings (SSSR count). The zero-order valence-electron chi connectivity index (χ0n) is 10.9. The maximum Gasteiger partial charge on any atom is 0.162 e. The average Bonchev–Trinajstić information content (AvgIpc) is 2.40. The molecule has 0 unspecified atom stereocenters. The van der Waals surface area contributed by atoms with E-state index >= 15 is 0 Å². The van der Waals surface area contributed by atoms with Crippen LogP contribution in [0.2, 0.25) is 0 Å². The van der Waals surface area contributed by atoms with E-state index in [0.29, 0.717) is 22.1 Å². The molecule has 1 heterocycles. The van der Waals surface area contributed by atoms with Crippen molar-refractivity contribution >= 4 is 11.8 Å². The second-order valence-electron chi connectivity index (χ2n) is 4.15. The number of nitrogens with zero attached hydrogens (tertiary/aromatic N) is 3. The van der Waals surface area contributed by atoms with Crippen molar-refractivity contribution in [2.75, 3.05) is 0 Å². The number of hydrogen-bond donors (Lipinski definition) is 0. The van der Waals surface area contributed by atoms with Crippen LogP contribution in [0.4, 0.5) is 8.78 Å². The quantitative estimate of drug-likeness (QED) is 0.641. The Balaban J connectivity index is 2.28. The fourth-order valence-electron chi connectivity index (χ4n) is 1.72. The Hall–Kier alpha value is -2.00. The van der Waals surface area contributed by atoms with Crippen LogP contribution < -0.4 is 0 Å². The third-order valence-electron chi connectivity index (χ3n) is 2.68. The second kappa shape index (κ2) is 5.97. The Morgan fingerprint density at radius 1 is 1.25 bits per heavy atom. The van der Waals surface area contributed by atoms with Crippen molar-refractivity contribution in [1.29, 1.82) is 5.26 Å². The van der Waals surface area contributed by atoms with Crippen molar-refractivity contribution in [2.24, 2.45) is 0 Å². The molecule has 0 aliphatic carbocycles. The number of benzene rings is 1. The highest BCUT2D eigenvalue weighted by atomic mass is 32.2. The Morgan fingerprint density at radius 2 is 2.00 bits per heavy atom. The van der Waals surface area contributed by atoms with Gasteiger partial charge in [-0.25, -0.2) is 18.7 Å². The summed E-state index contributed by atoms with van der Waals surface area (Å²) in [7, 11) is 0. The van der Waals surface area contributed by atoms with Crippen LogP contribution >= 0.6 is 11.8 Å². The van der Waals surface area contributed by atoms with Gasteiger partial charge < -0.3 is 0 Å². The second-order valence-corrected chi connectivity index (χ2v) is 5.11. The van der Waals surface area contributed by atoms with Gasteiger partial charge in [0.15, 0.2) is 11.6 Å². The number of rotatable bonds is 3. The lowest BCUT2D eigenvalue weighted by atomic mass is 10.2. The monoisotopic (exact) mass is 291 g/mol. The largest absolute Gasteiger partial charge is 0.237 e. The first-order valence-corrected chi connectivity index (χ1v) is 6.82. The molecule has 0 radical (unpaired) electrons. The van der Waals surface area contributed by atoms with Gasteiger partial charge in [-0.3, -0.25) is 0 Å². The minimum Gasteiger partial charge on any atom is -0.237 e. The van der Waals surface area contributed by atoms with Crippen LogP contribution in [0.3, 0.4) is 0 Å². The van der Waals surface area contributed by atoms with Crippen LogP contribution in [-0.2, 0) is 5.75 Å². The summed E-state index contributed by atoms with van der Waals surface area (Å²) in [5.74, 6) is -0.989. The van der Waals surface area contributed by atoms with Crippen LogP contribution in [0.5, 0.6) is 0 Å². The first kappa shape index (κ1) is 14.4. The summed E-state index contributed by atoms with van der Waals surface area (Å²) in [5, 5.41) is 9.60. The average molecular weight is 291 g/mol. The van der Waals surface area contributed by atoms with Crippen LogP contribution in [0.25, 0.3) is 0 Å². The SMILES string of the molecule is Cc1nc(C)c(C#N)c(SCc2cccc(F)c2F)n1. The molecule has 0 N–H and O–H groups in total. The van der Waals surface area contributed by atoms with Gasteiger partial charge in [0.25, 0.3) is 0 Å². The van der Waals surface area contributed by atoms with Crippen LogP contribution in [0.15, 0.2) is 23.2 Å². The van der Waals surface area contributed by atoms with Crippen molar-refractivity contribution < 1.29 is 8.78 Å². The van der Waals surface area contributed by atoms with Crippen molar-refractivity contribution in [2.45, 2.75) is 24.6 Å². The summed E-state index contributed by atoms with van der Waals surface area (Å²) in [6, 6.07) is 6.08. The molecule has 0 fully saturated rings. The first-order valence-electron chi connectivity index (χ1n) is 5.84. The molecule has 0 aliphatic heterocycles. The summed E-state index contributed by atoms with van der Waals surface area (Å²) in [5.41, 5.74) is 1.20. The smallest absolute Gasteiger partial charge is 0.162 e. The molecule has 1 aromatic carbocycles. The molecular weight excluding hydrogens is 280 g/mol. The molecule has 6 heteroatoms. The summed E-state index contributed by atoms with van der Waals surface area (Å²) in [4.78, 5) is 8.30. The van der Waals surface area contributed by atoms with Gasteiger partial charge in [-0.1, -0.05) is 12.1 Å². The maximum atomic E-state index is 13.6. The van der Waals surface area contributed by atoms with Gasteiger partial charge >= 0.3 is 0 Å². The van der Waals surface area contributed by atoms with E-state index in [4.69, 9.17) is 5.26 Å². The molecule has 3 nitrogen and oxygen atoms in total. The predicted molar refractivity (Wildman–Crippen MR) is 72.1 cm³/mol. The summed E-state index contributed by atoms with van der Waals surface area (Å²) in [6.45, 7) is 3.45. The predicted octanol–water partition coefficient (Wildman–Crippen LogP) is 3.54. The number of halogens is 2. The van der Waals surface area contributed by atoms with Crippen molar-refractivity contribution in [3.63, 3.8) is 0 Å². The van der Waals surface area contributed by atoms with Gasteiger partial charge in [-0.2, -0.15) is 5.26 Å². The lowest BCUT2D eigenvalue weighted by Gasteiger charge is -2.07. The van der Waals surface area contributed by atoms with E-state index < -0.39 is 11.6 Å². The number of aryl methyl sites for hydroxylation is 2. The number of aromatic nitrogens is 2. The number of thioether (sulfide) groups is 1. The standard InChI is InChI=1S/C14H11F2N3S/c1-8-11(6-17)14(19-9(2)18-8)20-7-10-4-3-5-12(15)13(10)16/h3-5H,7H2,1-2H3. The van der Waals surface area contributed by atoms with Crippen molar-refractivity contribution in [3.8, 4) is 6.07 Å². The summed E-state index contributed by atoms with van der Waals surface area (Å²) < 4.78 is 26.7. The van der Waals surface area contributed by atoms with E-state index in [0.717, 1.165) is 6.07 Å². The Labute approximate surface area is 119 Å². The molecule has 0 aliphatic rings. The van der Waals surface area contributed by atoms with Gasteiger partial charge in [0.2, 0.25) is 0 Å². The van der Waals surface area contributed by atoms with Crippen LogP contribution in [0.1, 0.15) is 22.6 Å². The maximum absolute atomic E-state index is 13.6. The zero-order valence-corrected chi connectivity index (χ0v) is 11.8. The number of nitriles is 1. The molecule has 0 atom stereocenters. The summed E-state index contributed by atoms with van der Waals surface area (Å²) in [6.07, 6.45) is 0. The zero-order chi connectivity index (χ0) is 14.7. The molecule has 0 bridgehead atoms. The highest BCUT2D eigenvalue weighted by Crippen LogP contribution is 2.27. The Kier molecular flexibility index (Phi) is 4.30. The van der Waals surface area contributed by atoms with Gasteiger partial charge in [-0.15, -0.1) is 11.8 Å². The molecule has 102 valence electrons. The Bertz CT molecular complexity index is 696. The first-order chi connectivity index (χ1) is 9.52. The molecule has 0 amide bonds. The fourth-order valence-corrected chi connectivity index (χ4v) is 2.77. The van der Waals surface area contributed by atoms with Gasteiger partial charge in [0, 0.05) is 11.3 Å². The van der Waals surface area contributed by atoms with E-state index in [-0.39, 0.29) is 11.3 Å². The lowest BCUT2D eigenvalue weighted by molar-refractivity contribution is 0.502. The molecule has 20 heavy (non-hydrogen) atoms. The summed E-state index contributed by atoms with van der Waals surface area (Å²) >= 11 is 1.20. The minimum atomic E-state index is -0.876. The fraction of sp³-hybridized carbons (Fsp3) is 0.214. The highest BCUT2D eigenvalue weighted by molar-refractivity contribution is 7.98. The van der Waals surface area contributed by atoms with Gasteiger partial charge in [-0.05, 0) is 19.9 Å². The van der Waals surface area contributed by atoms with Crippen LogP contribution in [-0.4, -0.2) is 9.97 Å². The molecule has 2 aromatic rings. The van der Waals surface area contributed by atoms with Crippen molar-refractivity contribution in [3.05, 3.63) is 52.5 Å². The molecule has 0 spiro atoms. The van der Waals surface area contributed by atoms with E-state index in [1.807, 2.05) is 6.07 Å². The van der Waals surface area contributed by atoms with E-state index in [1.165, 1.54) is 23.9 Å². The Morgan fingerprint density at radius 3 is 2.70 bits per heavy atom. The third kappa shape index (κ3) is 2.94. The molecule has 1 aromatic heterocycles. The van der Waals surface area contributed by atoms with Gasteiger partial charge in [0.05, 0.1) is 5.69 Å². The third-order valence-corrected chi connectivity index (χ3v) is 3.70. The van der Waals surface area contributed by atoms with Gasteiger partial charge in [0.1, 0.15) is 22.5 Å². The van der Waals surface area contributed by atoms with Crippen molar-refractivity contribution in [1.82, 2.24) is 9.97 Å². The minimum absolute atomic E-state index is 0.203. The van der Waals surface area contributed by atoms with E-state index in [1.54, 1.807) is 13.8 Å². The topological polar surface area (TPSA) is 49.6 Å². The molecule has 0 saturated heterocycles. The van der Waals surface area contributed by atoms with E-state index in [9.17, 15) is 8.78 Å². The number of hydrogen-bond acceptors (Lipinski definition) is 4. The highest BCUT2D eigenvalue weighted by Gasteiger charge is 2.13.